The van der Waals surface area contributed by atoms with Crippen molar-refractivity contribution in [1.82, 2.24) is 15.3 Å². The van der Waals surface area contributed by atoms with Crippen LogP contribution in [0.1, 0.15) is 35.5 Å². The number of carbonyl (C=O) groups excluding carboxylic acids is 1. The number of rotatable bonds is 8. The number of nitrogens with zero attached hydrogens (tertiary/aromatic N) is 1. The molecule has 7 nitrogen and oxygen atoms in total. The van der Waals surface area contributed by atoms with Gasteiger partial charge in [-0.3, -0.25) is 4.79 Å². The van der Waals surface area contributed by atoms with Gasteiger partial charge >= 0.3 is 0 Å². The second kappa shape index (κ2) is 9.46. The number of hydrogen-bond acceptors (Lipinski definition) is 5. The number of aromatic amines is 1. The molecule has 4 N–H and O–H groups in total. The molecule has 0 spiro atoms. The summed E-state index contributed by atoms with van der Waals surface area (Å²) in [5.41, 5.74) is 3.93. The number of carbonyl (C=O) groups is 1. The maximum absolute atomic E-state index is 12.3. The highest BCUT2D eigenvalue weighted by Gasteiger charge is 2.14. The van der Waals surface area contributed by atoms with E-state index in [2.05, 4.69) is 27.4 Å². The Morgan fingerprint density at radius 1 is 1.17 bits per heavy atom. The molecule has 0 bridgehead atoms. The molecule has 9 heteroatoms. The molecular weight excluding hydrogens is 420 g/mol. The number of aromatic nitrogens is 2. The van der Waals surface area contributed by atoms with E-state index in [1.807, 2.05) is 32.0 Å². The molecular formula is C21H24N4O3S2. The predicted molar refractivity (Wildman–Crippen MR) is 118 cm³/mol. The fraction of sp³-hybridized carbons (Fsp3) is 0.238. The van der Waals surface area contributed by atoms with Crippen LogP contribution in [-0.2, 0) is 21.2 Å². The van der Waals surface area contributed by atoms with Crippen LogP contribution in [0.25, 0.3) is 0 Å². The second-order valence-corrected chi connectivity index (χ2v) is 9.49. The van der Waals surface area contributed by atoms with Crippen molar-refractivity contribution in [2.75, 3.05) is 5.75 Å². The zero-order chi connectivity index (χ0) is 21.7. The first-order valence-electron chi connectivity index (χ1n) is 9.36. The molecule has 2 aromatic carbocycles. The topological polar surface area (TPSA) is 118 Å². The molecule has 0 fully saturated rings. The number of benzene rings is 2. The van der Waals surface area contributed by atoms with E-state index in [4.69, 9.17) is 5.14 Å². The van der Waals surface area contributed by atoms with Gasteiger partial charge in [0.15, 0.2) is 5.16 Å². The number of thioether (sulfide) groups is 1. The van der Waals surface area contributed by atoms with Crippen LogP contribution in [0, 0.1) is 6.92 Å². The molecule has 0 aliphatic heterocycles. The summed E-state index contributed by atoms with van der Waals surface area (Å²) in [6.45, 7) is 3.81. The lowest BCUT2D eigenvalue weighted by Crippen LogP contribution is -2.28. The third-order valence-electron chi connectivity index (χ3n) is 4.60. The van der Waals surface area contributed by atoms with Crippen LogP contribution in [0.5, 0.6) is 0 Å². The lowest BCUT2D eigenvalue weighted by Gasteiger charge is -2.14. The van der Waals surface area contributed by atoms with Crippen LogP contribution in [0.4, 0.5) is 0 Å². The summed E-state index contributed by atoms with van der Waals surface area (Å²) < 4.78 is 22.7. The number of H-pyrrole nitrogens is 1. The lowest BCUT2D eigenvalue weighted by atomic mass is 10.1. The number of aryl methyl sites for hydroxylation is 1. The van der Waals surface area contributed by atoms with Crippen molar-refractivity contribution in [2.45, 2.75) is 36.4 Å². The number of imidazole rings is 1. The minimum Gasteiger partial charge on any atom is -0.349 e. The summed E-state index contributed by atoms with van der Waals surface area (Å²) in [4.78, 5) is 20.2. The van der Waals surface area contributed by atoms with Crippen molar-refractivity contribution in [3.63, 3.8) is 0 Å². The van der Waals surface area contributed by atoms with Crippen LogP contribution in [0.15, 0.2) is 64.6 Å². The van der Waals surface area contributed by atoms with Crippen molar-refractivity contribution >= 4 is 27.7 Å². The molecule has 3 rings (SSSR count). The van der Waals surface area contributed by atoms with Gasteiger partial charge in [0.1, 0.15) is 0 Å². The Bertz CT molecular complexity index is 1110. The van der Waals surface area contributed by atoms with Crippen LogP contribution in [0.2, 0.25) is 0 Å². The number of nitrogens with one attached hydrogen (secondary N) is 2. The first kappa shape index (κ1) is 22.1. The number of primary sulfonamides is 1. The van der Waals surface area contributed by atoms with Crippen molar-refractivity contribution in [1.29, 1.82) is 0 Å². The average molecular weight is 445 g/mol. The molecule has 0 unspecified atom stereocenters. The molecule has 1 amide bonds. The summed E-state index contributed by atoms with van der Waals surface area (Å²) >= 11 is 1.34. The molecule has 158 valence electrons. The monoisotopic (exact) mass is 444 g/mol. The van der Waals surface area contributed by atoms with Gasteiger partial charge in [0.25, 0.3) is 0 Å². The van der Waals surface area contributed by atoms with Gasteiger partial charge in [0.05, 0.1) is 22.4 Å². The van der Waals surface area contributed by atoms with Gasteiger partial charge in [-0.25, -0.2) is 18.5 Å². The summed E-state index contributed by atoms with van der Waals surface area (Å²) in [5.74, 6) is 0.0822. The third kappa shape index (κ3) is 5.94. The summed E-state index contributed by atoms with van der Waals surface area (Å²) in [6, 6.07) is 16.0. The Balaban J connectivity index is 1.54. The Morgan fingerprint density at radius 3 is 2.47 bits per heavy atom. The first-order chi connectivity index (χ1) is 14.2. The van der Waals surface area contributed by atoms with Crippen molar-refractivity contribution in [3.05, 3.63) is 77.1 Å². The van der Waals surface area contributed by atoms with E-state index in [-0.39, 0.29) is 22.6 Å². The maximum Gasteiger partial charge on any atom is 0.238 e. The number of hydrogen-bond donors (Lipinski definition) is 3. The van der Waals surface area contributed by atoms with E-state index in [1.165, 1.54) is 29.5 Å². The normalized spacial score (nSPS) is 12.5. The molecule has 0 aliphatic rings. The van der Waals surface area contributed by atoms with E-state index in [1.54, 1.807) is 12.1 Å². The molecule has 0 aliphatic carbocycles. The molecule has 1 heterocycles. The Kier molecular flexibility index (Phi) is 6.96. The lowest BCUT2D eigenvalue weighted by molar-refractivity contribution is -0.119. The molecule has 0 saturated carbocycles. The maximum atomic E-state index is 12.3. The largest absolute Gasteiger partial charge is 0.349 e. The molecule has 0 saturated heterocycles. The smallest absolute Gasteiger partial charge is 0.238 e. The summed E-state index contributed by atoms with van der Waals surface area (Å²) in [5, 5.41) is 8.72. The average Bonchev–Trinajstić information content (AvgIpc) is 3.06. The van der Waals surface area contributed by atoms with E-state index < -0.39 is 10.0 Å². The number of nitrogens with two attached hydrogens (primary N) is 1. The number of sulfonamides is 1. The molecule has 1 atom stereocenters. The second-order valence-electron chi connectivity index (χ2n) is 6.97. The molecule has 0 radical (unpaired) electrons. The Labute approximate surface area is 180 Å². The predicted octanol–water partition coefficient (Wildman–Crippen LogP) is 2.93. The standard InChI is InChI=1S/C21H24N4O3S2/c1-14(17-8-10-18(11-9-17)30(22,27)28)23-20(26)13-29-21-24-15(2)19(25-21)12-16-6-4-3-5-7-16/h3-11,14H,12-13H2,1-2H3,(H,23,26)(H,24,25)(H2,22,27,28)/t14-/m0/s1. The first-order valence-corrected chi connectivity index (χ1v) is 11.9. The number of amides is 1. The quantitative estimate of drug-likeness (QED) is 0.462. The fourth-order valence-electron chi connectivity index (χ4n) is 2.94. The Morgan fingerprint density at radius 2 is 1.83 bits per heavy atom. The van der Waals surface area contributed by atoms with Gasteiger partial charge < -0.3 is 10.3 Å². The summed E-state index contributed by atoms with van der Waals surface area (Å²) in [6.07, 6.45) is 0.738. The van der Waals surface area contributed by atoms with E-state index in [9.17, 15) is 13.2 Å². The van der Waals surface area contributed by atoms with Gasteiger partial charge in [0.2, 0.25) is 15.9 Å². The third-order valence-corrected chi connectivity index (χ3v) is 6.41. The SMILES string of the molecule is Cc1[nH]c(SCC(=O)N[C@@H](C)c2ccc(S(N)(=O)=O)cc2)nc1Cc1ccccc1. The van der Waals surface area contributed by atoms with Crippen LogP contribution in [0.3, 0.4) is 0 Å². The fourth-order valence-corrected chi connectivity index (χ4v) is 4.21. The highest BCUT2D eigenvalue weighted by molar-refractivity contribution is 7.99. The van der Waals surface area contributed by atoms with Crippen LogP contribution >= 0.6 is 11.8 Å². The molecule has 1 aromatic heterocycles. The summed E-state index contributed by atoms with van der Waals surface area (Å²) in [7, 11) is -3.73. The molecule has 30 heavy (non-hydrogen) atoms. The van der Waals surface area contributed by atoms with Gasteiger partial charge in [-0.2, -0.15) is 0 Å². The highest BCUT2D eigenvalue weighted by Crippen LogP contribution is 2.20. The van der Waals surface area contributed by atoms with Gasteiger partial charge in [-0.15, -0.1) is 0 Å². The molecule has 3 aromatic rings. The van der Waals surface area contributed by atoms with Crippen LogP contribution < -0.4 is 10.5 Å². The zero-order valence-corrected chi connectivity index (χ0v) is 18.4. The zero-order valence-electron chi connectivity index (χ0n) is 16.8. The minimum atomic E-state index is -3.73. The van der Waals surface area contributed by atoms with Gasteiger partial charge in [0, 0.05) is 12.1 Å². The van der Waals surface area contributed by atoms with E-state index in [0.29, 0.717) is 5.16 Å². The van der Waals surface area contributed by atoms with E-state index >= 15 is 0 Å². The van der Waals surface area contributed by atoms with Crippen molar-refractivity contribution < 1.29 is 13.2 Å². The minimum absolute atomic E-state index is 0.0415. The van der Waals surface area contributed by atoms with Gasteiger partial charge in [-0.1, -0.05) is 54.2 Å². The van der Waals surface area contributed by atoms with Crippen LogP contribution in [-0.4, -0.2) is 30.0 Å². The van der Waals surface area contributed by atoms with Gasteiger partial charge in [-0.05, 0) is 37.1 Å². The van der Waals surface area contributed by atoms with Crippen molar-refractivity contribution in [3.8, 4) is 0 Å². The highest BCUT2D eigenvalue weighted by atomic mass is 32.2. The Hall–Kier alpha value is -2.62. The van der Waals surface area contributed by atoms with Crippen molar-refractivity contribution in [2.24, 2.45) is 5.14 Å². The van der Waals surface area contributed by atoms with E-state index in [0.717, 1.165) is 23.4 Å².